The molecule has 1 aliphatic rings. The number of nitrogens with zero attached hydrogens (tertiary/aromatic N) is 1. The third kappa shape index (κ3) is 6.68. The summed E-state index contributed by atoms with van der Waals surface area (Å²) in [6, 6.07) is 0. The van der Waals surface area contributed by atoms with Crippen molar-refractivity contribution in [1.82, 2.24) is 10.2 Å². The lowest BCUT2D eigenvalue weighted by Gasteiger charge is -2.29. The van der Waals surface area contributed by atoms with Gasteiger partial charge >= 0.3 is 0 Å². The normalized spacial score (nSPS) is 26.3. The summed E-state index contributed by atoms with van der Waals surface area (Å²) in [7, 11) is 5.57. The molecule has 0 saturated heterocycles. The van der Waals surface area contributed by atoms with E-state index in [-0.39, 0.29) is 5.91 Å². The summed E-state index contributed by atoms with van der Waals surface area (Å²) in [5.74, 6) is 0.505. The van der Waals surface area contributed by atoms with Gasteiger partial charge in [-0.3, -0.25) is 4.79 Å². The van der Waals surface area contributed by atoms with Gasteiger partial charge in [0.25, 0.3) is 0 Å². The quantitative estimate of drug-likeness (QED) is 0.733. The molecule has 1 saturated carbocycles. The Balaban J connectivity index is 2.24. The van der Waals surface area contributed by atoms with E-state index < -0.39 is 5.60 Å². The van der Waals surface area contributed by atoms with Crippen LogP contribution in [0.15, 0.2) is 0 Å². The third-order valence-corrected chi connectivity index (χ3v) is 3.92. The molecular formula is C15H30N2O3. The van der Waals surface area contributed by atoms with E-state index in [4.69, 9.17) is 4.74 Å². The van der Waals surface area contributed by atoms with Gasteiger partial charge in [0.1, 0.15) is 0 Å². The second-order valence-electron chi connectivity index (χ2n) is 6.59. The molecule has 5 heteroatoms. The molecule has 1 rings (SSSR count). The zero-order valence-corrected chi connectivity index (χ0v) is 13.3. The van der Waals surface area contributed by atoms with Gasteiger partial charge in [-0.15, -0.1) is 0 Å². The summed E-state index contributed by atoms with van der Waals surface area (Å²) in [6.45, 7) is 2.58. The van der Waals surface area contributed by atoms with Gasteiger partial charge in [0.2, 0.25) is 5.91 Å². The van der Waals surface area contributed by atoms with Crippen LogP contribution >= 0.6 is 0 Å². The first kappa shape index (κ1) is 17.4. The van der Waals surface area contributed by atoms with Crippen molar-refractivity contribution < 1.29 is 14.6 Å². The first-order valence-corrected chi connectivity index (χ1v) is 7.49. The van der Waals surface area contributed by atoms with Gasteiger partial charge in [-0.1, -0.05) is 0 Å². The topological polar surface area (TPSA) is 61.8 Å². The van der Waals surface area contributed by atoms with Gasteiger partial charge in [0.15, 0.2) is 0 Å². The Morgan fingerprint density at radius 2 is 1.95 bits per heavy atom. The smallest absolute Gasteiger partial charge is 0.220 e. The standard InChI is InChI=1S/C15H30N2O3/c1-15(19,11-17(2)3)10-16-14(18)9-12-5-7-13(20-4)8-6-12/h12-13,19H,5-11H2,1-4H3,(H,16,18). The van der Waals surface area contributed by atoms with Crippen LogP contribution in [0.5, 0.6) is 0 Å². The van der Waals surface area contributed by atoms with Crippen LogP contribution in [0.3, 0.4) is 0 Å². The number of rotatable bonds is 7. The molecule has 1 atom stereocenters. The minimum absolute atomic E-state index is 0.0462. The highest BCUT2D eigenvalue weighted by atomic mass is 16.5. The van der Waals surface area contributed by atoms with Gasteiger partial charge in [-0.25, -0.2) is 0 Å². The average molecular weight is 286 g/mol. The van der Waals surface area contributed by atoms with Crippen molar-refractivity contribution in [3.05, 3.63) is 0 Å². The zero-order valence-electron chi connectivity index (χ0n) is 13.3. The molecule has 0 aliphatic heterocycles. The fourth-order valence-electron chi connectivity index (χ4n) is 2.93. The molecule has 1 unspecified atom stereocenters. The molecular weight excluding hydrogens is 256 g/mol. The molecule has 0 spiro atoms. The predicted octanol–water partition coefficient (Wildman–Crippen LogP) is 1.01. The van der Waals surface area contributed by atoms with Gasteiger partial charge in [0.05, 0.1) is 11.7 Å². The molecule has 1 aliphatic carbocycles. The number of aliphatic hydroxyl groups is 1. The lowest BCUT2D eigenvalue weighted by molar-refractivity contribution is -0.123. The number of amides is 1. The van der Waals surface area contributed by atoms with E-state index in [1.807, 2.05) is 19.0 Å². The Morgan fingerprint density at radius 3 is 2.45 bits per heavy atom. The van der Waals surface area contributed by atoms with E-state index in [1.165, 1.54) is 0 Å². The second-order valence-corrected chi connectivity index (χ2v) is 6.59. The predicted molar refractivity (Wildman–Crippen MR) is 79.6 cm³/mol. The molecule has 118 valence electrons. The molecule has 1 fully saturated rings. The fourth-order valence-corrected chi connectivity index (χ4v) is 2.93. The van der Waals surface area contributed by atoms with Crippen LogP contribution in [-0.2, 0) is 9.53 Å². The fraction of sp³-hybridized carbons (Fsp3) is 0.933. The number of hydrogen-bond donors (Lipinski definition) is 2. The first-order chi connectivity index (χ1) is 9.32. The maximum absolute atomic E-state index is 11.9. The number of methoxy groups -OCH3 is 1. The monoisotopic (exact) mass is 286 g/mol. The Kier molecular flexibility index (Phi) is 6.92. The third-order valence-electron chi connectivity index (χ3n) is 3.92. The highest BCUT2D eigenvalue weighted by Gasteiger charge is 2.25. The van der Waals surface area contributed by atoms with Crippen molar-refractivity contribution in [3.63, 3.8) is 0 Å². The summed E-state index contributed by atoms with van der Waals surface area (Å²) in [5.41, 5.74) is -0.882. The van der Waals surface area contributed by atoms with Crippen molar-refractivity contribution in [2.24, 2.45) is 5.92 Å². The Labute approximate surface area is 122 Å². The second kappa shape index (κ2) is 7.96. The minimum Gasteiger partial charge on any atom is -0.387 e. The summed E-state index contributed by atoms with van der Waals surface area (Å²) in [5, 5.41) is 13.0. The van der Waals surface area contributed by atoms with E-state index in [2.05, 4.69) is 5.32 Å². The molecule has 0 heterocycles. The molecule has 2 N–H and O–H groups in total. The molecule has 1 amide bonds. The molecule has 0 bridgehead atoms. The van der Waals surface area contributed by atoms with Crippen molar-refractivity contribution >= 4 is 5.91 Å². The Bertz CT molecular complexity index is 297. The van der Waals surface area contributed by atoms with Crippen LogP contribution in [0.2, 0.25) is 0 Å². The number of likely N-dealkylation sites (N-methyl/N-ethyl adjacent to an activating group) is 1. The summed E-state index contributed by atoms with van der Waals surface area (Å²) >= 11 is 0. The van der Waals surface area contributed by atoms with E-state index >= 15 is 0 Å². The number of hydrogen-bond acceptors (Lipinski definition) is 4. The van der Waals surface area contributed by atoms with Crippen LogP contribution in [-0.4, -0.2) is 61.9 Å². The highest BCUT2D eigenvalue weighted by molar-refractivity contribution is 5.76. The van der Waals surface area contributed by atoms with Crippen molar-refractivity contribution in [2.75, 3.05) is 34.3 Å². The maximum Gasteiger partial charge on any atom is 0.220 e. The van der Waals surface area contributed by atoms with Gasteiger partial charge in [-0.2, -0.15) is 0 Å². The van der Waals surface area contributed by atoms with Crippen LogP contribution in [0.1, 0.15) is 39.0 Å². The number of ether oxygens (including phenoxy) is 1. The van der Waals surface area contributed by atoms with Gasteiger partial charge < -0.3 is 20.1 Å². The summed E-state index contributed by atoms with van der Waals surface area (Å²) in [4.78, 5) is 13.8. The Morgan fingerprint density at radius 1 is 1.35 bits per heavy atom. The van der Waals surface area contributed by atoms with E-state index in [9.17, 15) is 9.90 Å². The number of nitrogens with one attached hydrogen (secondary N) is 1. The van der Waals surface area contributed by atoms with Crippen LogP contribution in [0.25, 0.3) is 0 Å². The van der Waals surface area contributed by atoms with Crippen molar-refractivity contribution in [3.8, 4) is 0 Å². The van der Waals surface area contributed by atoms with Crippen molar-refractivity contribution in [2.45, 2.75) is 50.7 Å². The van der Waals surface area contributed by atoms with E-state index in [0.29, 0.717) is 31.5 Å². The zero-order chi connectivity index (χ0) is 15.2. The summed E-state index contributed by atoms with van der Waals surface area (Å²) < 4.78 is 5.34. The number of carbonyl (C=O) groups excluding carboxylic acids is 1. The largest absolute Gasteiger partial charge is 0.387 e. The van der Waals surface area contributed by atoms with Gasteiger partial charge in [-0.05, 0) is 52.6 Å². The first-order valence-electron chi connectivity index (χ1n) is 7.49. The van der Waals surface area contributed by atoms with E-state index in [1.54, 1.807) is 14.0 Å². The van der Waals surface area contributed by atoms with Crippen molar-refractivity contribution in [1.29, 1.82) is 0 Å². The average Bonchev–Trinajstić information content (AvgIpc) is 2.36. The highest BCUT2D eigenvalue weighted by Crippen LogP contribution is 2.28. The molecule has 0 aromatic rings. The van der Waals surface area contributed by atoms with E-state index in [0.717, 1.165) is 25.7 Å². The summed E-state index contributed by atoms with van der Waals surface area (Å²) in [6.07, 6.45) is 5.14. The van der Waals surface area contributed by atoms with Gasteiger partial charge in [0, 0.05) is 26.6 Å². The maximum atomic E-state index is 11.9. The lowest BCUT2D eigenvalue weighted by atomic mass is 9.85. The SMILES string of the molecule is COC1CCC(CC(=O)NCC(C)(O)CN(C)C)CC1. The minimum atomic E-state index is -0.882. The van der Waals surface area contributed by atoms with Crippen LogP contribution in [0.4, 0.5) is 0 Å². The molecule has 0 radical (unpaired) electrons. The van der Waals surface area contributed by atoms with Crippen LogP contribution in [0, 0.1) is 5.92 Å². The molecule has 0 aromatic carbocycles. The molecule has 20 heavy (non-hydrogen) atoms. The molecule has 0 aromatic heterocycles. The number of carbonyl (C=O) groups is 1. The molecule has 5 nitrogen and oxygen atoms in total. The lowest BCUT2D eigenvalue weighted by Crippen LogP contribution is -2.47. The Hall–Kier alpha value is -0.650. The van der Waals surface area contributed by atoms with Crippen LogP contribution < -0.4 is 5.32 Å².